The van der Waals surface area contributed by atoms with Gasteiger partial charge in [-0.05, 0) is 51.6 Å². The van der Waals surface area contributed by atoms with E-state index in [9.17, 15) is 9.59 Å². The van der Waals surface area contributed by atoms with Crippen LogP contribution in [-0.2, 0) is 9.53 Å². The molecule has 0 aliphatic carbocycles. The van der Waals surface area contributed by atoms with Gasteiger partial charge in [-0.2, -0.15) is 0 Å². The zero-order chi connectivity index (χ0) is 16.1. The molecule has 1 aliphatic rings. The second-order valence-corrected chi connectivity index (χ2v) is 5.91. The van der Waals surface area contributed by atoms with Gasteiger partial charge >= 0.3 is 5.97 Å². The standard InChI is InChI=1S/C16H21ClN2O3/c1-3-22-16(21)13-9-12(6-7-14(13)17)18-15(20)11-5-4-8-19(2)10-11/h6-7,9,11H,3-5,8,10H2,1-2H3,(H,18,20). The molecule has 1 aliphatic heterocycles. The number of hydrogen-bond acceptors (Lipinski definition) is 4. The van der Waals surface area contributed by atoms with Crippen LogP contribution >= 0.6 is 11.6 Å². The fraction of sp³-hybridized carbons (Fsp3) is 0.500. The van der Waals surface area contributed by atoms with Gasteiger partial charge in [0.1, 0.15) is 0 Å². The molecule has 1 amide bonds. The van der Waals surface area contributed by atoms with E-state index in [1.54, 1.807) is 25.1 Å². The monoisotopic (exact) mass is 324 g/mol. The second kappa shape index (κ2) is 7.61. The van der Waals surface area contributed by atoms with Crippen LogP contribution in [0.4, 0.5) is 5.69 Å². The highest BCUT2D eigenvalue weighted by atomic mass is 35.5. The number of hydrogen-bond donors (Lipinski definition) is 1. The molecule has 0 aromatic heterocycles. The van der Waals surface area contributed by atoms with Gasteiger partial charge in [0.15, 0.2) is 0 Å². The molecule has 0 saturated carbocycles. The molecule has 2 rings (SSSR count). The smallest absolute Gasteiger partial charge is 0.339 e. The molecule has 1 unspecified atom stereocenters. The Balaban J connectivity index is 2.07. The van der Waals surface area contributed by atoms with Crippen molar-refractivity contribution < 1.29 is 14.3 Å². The lowest BCUT2D eigenvalue weighted by Gasteiger charge is -2.28. The maximum absolute atomic E-state index is 12.3. The number of anilines is 1. The predicted octanol–water partition coefficient (Wildman–Crippen LogP) is 2.80. The molecule has 1 heterocycles. The Morgan fingerprint density at radius 2 is 2.23 bits per heavy atom. The number of halogens is 1. The van der Waals surface area contributed by atoms with E-state index in [0.717, 1.165) is 25.9 Å². The number of nitrogens with zero attached hydrogens (tertiary/aromatic N) is 1. The average molecular weight is 325 g/mol. The molecule has 0 bridgehead atoms. The molecule has 1 saturated heterocycles. The summed E-state index contributed by atoms with van der Waals surface area (Å²) in [6, 6.07) is 4.84. The molecular weight excluding hydrogens is 304 g/mol. The molecule has 5 nitrogen and oxygen atoms in total. The first-order valence-electron chi connectivity index (χ1n) is 7.47. The van der Waals surface area contributed by atoms with Gasteiger partial charge in [0.25, 0.3) is 0 Å². The molecule has 22 heavy (non-hydrogen) atoms. The van der Waals surface area contributed by atoms with Crippen LogP contribution in [-0.4, -0.2) is 43.5 Å². The minimum Gasteiger partial charge on any atom is -0.462 e. The second-order valence-electron chi connectivity index (χ2n) is 5.51. The van der Waals surface area contributed by atoms with E-state index in [1.165, 1.54) is 0 Å². The number of ether oxygens (including phenoxy) is 1. The quantitative estimate of drug-likeness (QED) is 0.865. The molecule has 6 heteroatoms. The molecule has 1 aromatic carbocycles. The Labute approximate surface area is 135 Å². The molecule has 120 valence electrons. The molecule has 1 N–H and O–H groups in total. The summed E-state index contributed by atoms with van der Waals surface area (Å²) in [4.78, 5) is 26.3. The SMILES string of the molecule is CCOC(=O)c1cc(NC(=O)C2CCCN(C)C2)ccc1Cl. The van der Waals surface area contributed by atoms with Crippen molar-refractivity contribution in [2.24, 2.45) is 5.92 Å². The lowest BCUT2D eigenvalue weighted by molar-refractivity contribution is -0.121. The number of likely N-dealkylation sites (tertiary alicyclic amines) is 1. The first-order chi connectivity index (χ1) is 10.5. The first-order valence-corrected chi connectivity index (χ1v) is 7.85. The zero-order valence-electron chi connectivity index (χ0n) is 12.9. The lowest BCUT2D eigenvalue weighted by Crippen LogP contribution is -2.38. The van der Waals surface area contributed by atoms with Crippen LogP contribution in [0.3, 0.4) is 0 Å². The Morgan fingerprint density at radius 1 is 1.45 bits per heavy atom. The fourth-order valence-electron chi connectivity index (χ4n) is 2.59. The summed E-state index contributed by atoms with van der Waals surface area (Å²) < 4.78 is 4.96. The van der Waals surface area contributed by atoms with Crippen molar-refractivity contribution in [2.75, 3.05) is 32.1 Å². The summed E-state index contributed by atoms with van der Waals surface area (Å²) in [7, 11) is 2.01. The molecule has 1 fully saturated rings. The Kier molecular flexibility index (Phi) is 5.80. The highest BCUT2D eigenvalue weighted by molar-refractivity contribution is 6.33. The summed E-state index contributed by atoms with van der Waals surface area (Å²) in [6.45, 7) is 3.79. The van der Waals surface area contributed by atoms with Gasteiger partial charge in [0.05, 0.1) is 23.1 Å². The third kappa shape index (κ3) is 4.21. The van der Waals surface area contributed by atoms with E-state index < -0.39 is 5.97 Å². The van der Waals surface area contributed by atoms with Gasteiger partial charge in [0.2, 0.25) is 5.91 Å². The zero-order valence-corrected chi connectivity index (χ0v) is 13.7. The first kappa shape index (κ1) is 16.8. The van der Waals surface area contributed by atoms with Gasteiger partial charge < -0.3 is 15.0 Å². The lowest BCUT2D eigenvalue weighted by atomic mass is 9.97. The number of benzene rings is 1. The van der Waals surface area contributed by atoms with Crippen LogP contribution in [0.2, 0.25) is 5.02 Å². The van der Waals surface area contributed by atoms with Crippen LogP contribution < -0.4 is 5.32 Å². The highest BCUT2D eigenvalue weighted by Gasteiger charge is 2.24. The van der Waals surface area contributed by atoms with Crippen LogP contribution in [0.5, 0.6) is 0 Å². The molecular formula is C16H21ClN2O3. The van der Waals surface area contributed by atoms with Crippen LogP contribution in [0.15, 0.2) is 18.2 Å². The summed E-state index contributed by atoms with van der Waals surface area (Å²) in [5.41, 5.74) is 0.827. The van der Waals surface area contributed by atoms with Crippen molar-refractivity contribution in [3.05, 3.63) is 28.8 Å². The molecule has 1 aromatic rings. The molecule has 0 radical (unpaired) electrons. The van der Waals surface area contributed by atoms with Crippen molar-refractivity contribution in [1.29, 1.82) is 0 Å². The topological polar surface area (TPSA) is 58.6 Å². The van der Waals surface area contributed by atoms with Crippen LogP contribution in [0.25, 0.3) is 0 Å². The van der Waals surface area contributed by atoms with Gasteiger partial charge in [0, 0.05) is 12.2 Å². The summed E-state index contributed by atoms with van der Waals surface area (Å²) in [5, 5.41) is 3.18. The molecule has 1 atom stereocenters. The van der Waals surface area contributed by atoms with Crippen molar-refractivity contribution in [3.8, 4) is 0 Å². The number of piperidine rings is 1. The largest absolute Gasteiger partial charge is 0.462 e. The van der Waals surface area contributed by atoms with Gasteiger partial charge in [-0.15, -0.1) is 0 Å². The van der Waals surface area contributed by atoms with E-state index in [1.807, 2.05) is 7.05 Å². The summed E-state index contributed by atoms with van der Waals surface area (Å²) in [5.74, 6) is -0.537. The van der Waals surface area contributed by atoms with Crippen molar-refractivity contribution in [2.45, 2.75) is 19.8 Å². The van der Waals surface area contributed by atoms with Crippen LogP contribution in [0, 0.1) is 5.92 Å². The van der Waals surface area contributed by atoms with E-state index in [4.69, 9.17) is 16.3 Å². The van der Waals surface area contributed by atoms with Gasteiger partial charge in [-0.3, -0.25) is 4.79 Å². The van der Waals surface area contributed by atoms with Crippen molar-refractivity contribution >= 4 is 29.2 Å². The van der Waals surface area contributed by atoms with Gasteiger partial charge in [-0.1, -0.05) is 11.6 Å². The normalized spacial score (nSPS) is 18.8. The van der Waals surface area contributed by atoms with E-state index in [0.29, 0.717) is 10.7 Å². The minimum absolute atomic E-state index is 0.0244. The third-order valence-corrected chi connectivity index (χ3v) is 4.05. The number of rotatable bonds is 4. The maximum atomic E-state index is 12.3. The van der Waals surface area contributed by atoms with Gasteiger partial charge in [-0.25, -0.2) is 4.79 Å². The summed E-state index contributed by atoms with van der Waals surface area (Å²) >= 11 is 6.01. The number of amides is 1. The third-order valence-electron chi connectivity index (χ3n) is 3.72. The van der Waals surface area contributed by atoms with Crippen molar-refractivity contribution in [1.82, 2.24) is 4.90 Å². The fourth-order valence-corrected chi connectivity index (χ4v) is 2.79. The van der Waals surface area contributed by atoms with E-state index in [2.05, 4.69) is 10.2 Å². The average Bonchev–Trinajstić information content (AvgIpc) is 2.49. The Morgan fingerprint density at radius 3 is 2.91 bits per heavy atom. The highest BCUT2D eigenvalue weighted by Crippen LogP contribution is 2.23. The Bertz CT molecular complexity index is 562. The number of esters is 1. The van der Waals surface area contributed by atoms with E-state index in [-0.39, 0.29) is 24.0 Å². The number of nitrogens with one attached hydrogen (secondary N) is 1. The molecule has 0 spiro atoms. The Hall–Kier alpha value is -1.59. The maximum Gasteiger partial charge on any atom is 0.339 e. The number of carbonyl (C=O) groups is 2. The van der Waals surface area contributed by atoms with Crippen molar-refractivity contribution in [3.63, 3.8) is 0 Å². The minimum atomic E-state index is -0.485. The number of carbonyl (C=O) groups excluding carboxylic acids is 2. The van der Waals surface area contributed by atoms with E-state index >= 15 is 0 Å². The predicted molar refractivity (Wildman–Crippen MR) is 86.3 cm³/mol. The van der Waals surface area contributed by atoms with Crippen LogP contribution in [0.1, 0.15) is 30.1 Å². The summed E-state index contributed by atoms with van der Waals surface area (Å²) in [6.07, 6.45) is 1.90.